The van der Waals surface area contributed by atoms with Crippen LogP contribution in [0.4, 0.5) is 5.95 Å². The summed E-state index contributed by atoms with van der Waals surface area (Å²) in [6.45, 7) is -2.00. The molecule has 2 aliphatic rings. The molecular weight excluding hydrogens is 690 g/mol. The molecule has 3 aromatic rings. The minimum absolute atomic E-state index is 0. The van der Waals surface area contributed by atoms with Crippen molar-refractivity contribution >= 4 is 32.8 Å². The molecule has 5 rings (SSSR count). The van der Waals surface area contributed by atoms with Crippen molar-refractivity contribution in [1.82, 2.24) is 29.1 Å². The Morgan fingerprint density at radius 1 is 0.870 bits per heavy atom. The largest absolute Gasteiger partial charge is 1.00 e. The predicted octanol–water partition coefficient (Wildman–Crippen LogP) is -10.7. The Balaban J connectivity index is 0.00000288. The molecule has 242 valence electrons. The van der Waals surface area contributed by atoms with E-state index in [-0.39, 0.29) is 70.3 Å². The number of phosphoric acid groups is 2. The van der Waals surface area contributed by atoms with Crippen LogP contribution in [0.15, 0.2) is 23.4 Å². The first-order valence-corrected chi connectivity index (χ1v) is 15.2. The third-order valence-electron chi connectivity index (χ3n) is 6.44. The van der Waals surface area contributed by atoms with Crippen LogP contribution >= 0.6 is 15.6 Å². The number of hydrogen-bond acceptors (Lipinski definition) is 19. The van der Waals surface area contributed by atoms with Gasteiger partial charge in [-0.05, 0) is 11.9 Å². The van der Waals surface area contributed by atoms with Gasteiger partial charge in [-0.2, -0.15) is 9.29 Å². The first-order valence-electron chi connectivity index (χ1n) is 12.2. The molecule has 46 heavy (non-hydrogen) atoms. The van der Waals surface area contributed by atoms with Gasteiger partial charge in [-0.15, -0.1) is 0 Å². The molecule has 27 heteroatoms. The van der Waals surface area contributed by atoms with E-state index in [0.717, 1.165) is 23.2 Å². The van der Waals surface area contributed by atoms with E-state index in [1.807, 2.05) is 0 Å². The van der Waals surface area contributed by atoms with Crippen LogP contribution in [0.1, 0.15) is 12.5 Å². The number of rotatable bonds is 10. The Labute approximate surface area is 300 Å². The summed E-state index contributed by atoms with van der Waals surface area (Å²) < 4.78 is 50.6. The first kappa shape index (κ1) is 39.3. The number of hydrogen-bond donors (Lipinski definition) is 7. The van der Waals surface area contributed by atoms with E-state index in [9.17, 15) is 54.4 Å². The second kappa shape index (κ2) is 15.2. The van der Waals surface area contributed by atoms with Gasteiger partial charge in [0.2, 0.25) is 5.95 Å². The zero-order valence-corrected chi connectivity index (χ0v) is 29.5. The number of ether oxygens (including phenoxy) is 2. The molecule has 0 aromatic carbocycles. The van der Waals surface area contributed by atoms with Gasteiger partial charge in [0.15, 0.2) is 18.1 Å². The van der Waals surface area contributed by atoms with E-state index in [1.54, 1.807) is 0 Å². The van der Waals surface area contributed by atoms with Gasteiger partial charge in [0.25, 0.3) is 0 Å². The SMILES string of the molecule is Nc1nc([O-])c2ncn([C@@H]3O[C@H](COP(=O)(O)OP(=O)(O)OC[C@H]4O[C@@H](n5ccc([O-])nc5=O)[C@H](O)[C@@H]4O)[C@@H](O)[C@H]3O)c2n1.[Na+].[Na+]. The molecule has 5 heterocycles. The number of aromatic nitrogens is 6. The fraction of sp³-hybridized carbons (Fsp3) is 0.526. The van der Waals surface area contributed by atoms with E-state index in [0.29, 0.717) is 4.57 Å². The number of anilines is 1. The second-order valence-corrected chi connectivity index (χ2v) is 12.4. The van der Waals surface area contributed by atoms with E-state index in [1.165, 1.54) is 0 Å². The van der Waals surface area contributed by atoms with Crippen molar-refractivity contribution in [3.63, 3.8) is 0 Å². The molecule has 0 bridgehead atoms. The topological polar surface area (TPSA) is 352 Å². The summed E-state index contributed by atoms with van der Waals surface area (Å²) in [5.41, 5.74) is 4.00. The molecule has 0 saturated carbocycles. The van der Waals surface area contributed by atoms with Crippen molar-refractivity contribution in [3.8, 4) is 11.8 Å². The minimum Gasteiger partial charge on any atom is -0.858 e. The van der Waals surface area contributed by atoms with Crippen molar-refractivity contribution in [2.75, 3.05) is 18.9 Å². The Morgan fingerprint density at radius 3 is 1.91 bits per heavy atom. The molecule has 2 aliphatic heterocycles. The normalized spacial score (nSPS) is 30.3. The van der Waals surface area contributed by atoms with E-state index < -0.39 is 101 Å². The maximum Gasteiger partial charge on any atom is 1.00 e. The van der Waals surface area contributed by atoms with Gasteiger partial charge < -0.3 is 55.6 Å². The Hall–Kier alpha value is -1.15. The molecule has 3 aromatic heterocycles. The van der Waals surface area contributed by atoms with Gasteiger partial charge in [-0.25, -0.2) is 28.9 Å². The monoisotopic (exact) mass is 713 g/mol. The molecule has 8 N–H and O–H groups in total. The third kappa shape index (κ3) is 8.34. The fourth-order valence-corrected chi connectivity index (χ4v) is 6.48. The average Bonchev–Trinajstić information content (AvgIpc) is 3.56. The van der Waals surface area contributed by atoms with Crippen LogP contribution in [0.5, 0.6) is 11.8 Å². The average molecular weight is 713 g/mol. The molecule has 0 aliphatic carbocycles. The number of aliphatic hydroxyl groups is 4. The zero-order chi connectivity index (χ0) is 32.1. The summed E-state index contributed by atoms with van der Waals surface area (Å²) in [6, 6.07) is 0.882. The third-order valence-corrected chi connectivity index (χ3v) is 9.05. The number of phosphoric ester groups is 2. The quantitative estimate of drug-likeness (QED) is 0.0757. The van der Waals surface area contributed by atoms with Crippen molar-refractivity contribution < 1.29 is 132 Å². The number of nitrogen functional groups attached to an aromatic ring is 1. The van der Waals surface area contributed by atoms with Gasteiger partial charge in [-0.1, -0.05) is 0 Å². The number of imidazole rings is 1. The second-order valence-electron chi connectivity index (χ2n) is 9.37. The molecule has 0 amide bonds. The molecule has 10 atom stereocenters. The first-order chi connectivity index (χ1) is 20.6. The Bertz CT molecular complexity index is 1700. The fourth-order valence-electron chi connectivity index (χ4n) is 4.39. The maximum atomic E-state index is 12.4. The molecule has 2 saturated heterocycles. The zero-order valence-electron chi connectivity index (χ0n) is 23.7. The van der Waals surface area contributed by atoms with Crippen molar-refractivity contribution in [3.05, 3.63) is 29.1 Å². The van der Waals surface area contributed by atoms with E-state index in [4.69, 9.17) is 15.2 Å². The van der Waals surface area contributed by atoms with Gasteiger partial charge in [0, 0.05) is 12.1 Å². The molecule has 2 fully saturated rings. The number of nitrogens with two attached hydrogens (primary N) is 1. The van der Waals surface area contributed by atoms with Crippen molar-refractivity contribution in [2.45, 2.75) is 49.1 Å². The maximum absolute atomic E-state index is 12.4. The molecule has 0 radical (unpaired) electrons. The Kier molecular flexibility index (Phi) is 13.0. The van der Waals surface area contributed by atoms with Crippen LogP contribution in [0, 0.1) is 0 Å². The molecule has 23 nitrogen and oxygen atoms in total. The smallest absolute Gasteiger partial charge is 0.858 e. The van der Waals surface area contributed by atoms with Crippen molar-refractivity contribution in [2.24, 2.45) is 0 Å². The van der Waals surface area contributed by atoms with Gasteiger partial charge in [0.05, 0.1) is 19.5 Å². The number of nitrogens with zero attached hydrogens (tertiary/aromatic N) is 6. The van der Waals surface area contributed by atoms with Crippen LogP contribution in [-0.2, 0) is 32.0 Å². The van der Waals surface area contributed by atoms with Gasteiger partial charge in [-0.3, -0.25) is 18.2 Å². The van der Waals surface area contributed by atoms with Crippen LogP contribution in [0.3, 0.4) is 0 Å². The standard InChI is InChI=1S/C19H25N7O16P2.2Na/c20-18-23-14-9(15(32)24-18)21-5-26(14)17-13(31)11(29)7(41-17)4-39-44(36,37)42-43(34,35)38-3-6-10(28)12(30)16(40-6)25-2-1-8(27)22-19(25)33;;/h1-2,5-7,10-13,16-17,28-31H,3-4H2,(H,34,35)(H,36,37)(H,22,27,33)(H3,20,23,24,32);;/q;2*+1/p-2/t6-,7-,10-,11-,12-,13-,16-,17-;;/m1../s1. The van der Waals surface area contributed by atoms with Crippen LogP contribution in [0.25, 0.3) is 11.2 Å². The van der Waals surface area contributed by atoms with Gasteiger partial charge >= 0.3 is 80.4 Å². The number of aliphatic hydroxyl groups excluding tert-OH is 4. The summed E-state index contributed by atoms with van der Waals surface area (Å²) in [6.07, 6.45) is -11.2. The summed E-state index contributed by atoms with van der Waals surface area (Å²) in [7, 11) is -10.9. The Morgan fingerprint density at radius 2 is 1.39 bits per heavy atom. The predicted molar refractivity (Wildman–Crippen MR) is 132 cm³/mol. The summed E-state index contributed by atoms with van der Waals surface area (Å²) >= 11 is 0. The van der Waals surface area contributed by atoms with Crippen LogP contribution in [0.2, 0.25) is 0 Å². The van der Waals surface area contributed by atoms with Crippen LogP contribution < -0.4 is 80.8 Å². The summed E-state index contributed by atoms with van der Waals surface area (Å²) in [5.74, 6) is -2.09. The summed E-state index contributed by atoms with van der Waals surface area (Å²) in [4.78, 5) is 46.0. The molecular formula is C19H23N7Na2O16P2. The number of fused-ring (bicyclic) bond motifs is 1. The molecule has 2 unspecified atom stereocenters. The molecule has 0 spiro atoms. The summed E-state index contributed by atoms with van der Waals surface area (Å²) in [5, 5.41) is 64.4. The van der Waals surface area contributed by atoms with Gasteiger partial charge in [0.1, 0.15) is 42.1 Å². The van der Waals surface area contributed by atoms with E-state index >= 15 is 0 Å². The van der Waals surface area contributed by atoms with Crippen LogP contribution in [-0.4, -0.2) is 109 Å². The minimum atomic E-state index is -5.45. The van der Waals surface area contributed by atoms with Crippen molar-refractivity contribution in [1.29, 1.82) is 0 Å². The van der Waals surface area contributed by atoms with E-state index in [2.05, 4.69) is 33.3 Å².